The van der Waals surface area contributed by atoms with E-state index in [0.29, 0.717) is 29.6 Å². The number of nitrogens with two attached hydrogens (primary N) is 1. The summed E-state index contributed by atoms with van der Waals surface area (Å²) in [5, 5.41) is 10.5. The van der Waals surface area contributed by atoms with Crippen LogP contribution in [-0.4, -0.2) is 40.1 Å². The van der Waals surface area contributed by atoms with Gasteiger partial charge in [-0.1, -0.05) is 0 Å². The molecular formula is C12H19N5O2S. The van der Waals surface area contributed by atoms with Crippen LogP contribution in [0.1, 0.15) is 30.3 Å². The van der Waals surface area contributed by atoms with Gasteiger partial charge in [0.15, 0.2) is 5.11 Å². The van der Waals surface area contributed by atoms with Crippen molar-refractivity contribution in [2.24, 2.45) is 5.73 Å². The van der Waals surface area contributed by atoms with Crippen molar-refractivity contribution in [3.8, 4) is 0 Å². The van der Waals surface area contributed by atoms with E-state index < -0.39 is 5.91 Å². The normalized spacial score (nSPS) is 17.9. The first kappa shape index (κ1) is 14.7. The Morgan fingerprint density at radius 3 is 3.10 bits per heavy atom. The lowest BCUT2D eigenvalue weighted by atomic mass is 10.2. The zero-order valence-electron chi connectivity index (χ0n) is 11.4. The third kappa shape index (κ3) is 3.45. The first-order valence-corrected chi connectivity index (χ1v) is 7.04. The van der Waals surface area contributed by atoms with Gasteiger partial charge in [-0.2, -0.15) is 5.10 Å². The molecule has 1 atom stereocenters. The van der Waals surface area contributed by atoms with E-state index in [2.05, 4.69) is 15.7 Å². The van der Waals surface area contributed by atoms with Gasteiger partial charge in [-0.3, -0.25) is 9.48 Å². The second-order valence-corrected chi connectivity index (χ2v) is 4.97. The number of rotatable bonds is 5. The van der Waals surface area contributed by atoms with Crippen LogP contribution in [-0.2, 0) is 11.3 Å². The summed E-state index contributed by atoms with van der Waals surface area (Å²) < 4.78 is 7.03. The molecule has 1 unspecified atom stereocenters. The van der Waals surface area contributed by atoms with Gasteiger partial charge < -0.3 is 21.1 Å². The Kier molecular flexibility index (Phi) is 4.91. The molecule has 20 heavy (non-hydrogen) atoms. The SMILES string of the molecule is CCn1ncc(NC(=S)NCC2CCCO2)c1C(N)=O. The number of nitrogens with zero attached hydrogens (tertiary/aromatic N) is 2. The number of hydrogen-bond donors (Lipinski definition) is 3. The van der Waals surface area contributed by atoms with Crippen LogP contribution >= 0.6 is 12.2 Å². The Labute approximate surface area is 122 Å². The van der Waals surface area contributed by atoms with Crippen molar-refractivity contribution in [1.29, 1.82) is 0 Å². The number of nitrogens with one attached hydrogen (secondary N) is 2. The maximum Gasteiger partial charge on any atom is 0.269 e. The number of amides is 1. The number of hydrogen-bond acceptors (Lipinski definition) is 4. The molecule has 2 heterocycles. The monoisotopic (exact) mass is 297 g/mol. The first-order valence-electron chi connectivity index (χ1n) is 6.64. The summed E-state index contributed by atoms with van der Waals surface area (Å²) >= 11 is 5.20. The van der Waals surface area contributed by atoms with Crippen LogP contribution in [0.3, 0.4) is 0 Å². The molecule has 0 spiro atoms. The van der Waals surface area contributed by atoms with Crippen LogP contribution in [0, 0.1) is 0 Å². The summed E-state index contributed by atoms with van der Waals surface area (Å²) in [6.45, 7) is 3.91. The fourth-order valence-corrected chi connectivity index (χ4v) is 2.35. The average molecular weight is 297 g/mol. The smallest absolute Gasteiger partial charge is 0.269 e. The minimum Gasteiger partial charge on any atom is -0.376 e. The molecule has 0 radical (unpaired) electrons. The second kappa shape index (κ2) is 6.67. The van der Waals surface area contributed by atoms with E-state index in [1.165, 1.54) is 4.68 Å². The molecule has 0 aromatic carbocycles. The third-order valence-corrected chi connectivity index (χ3v) is 3.38. The van der Waals surface area contributed by atoms with Crippen molar-refractivity contribution in [2.45, 2.75) is 32.4 Å². The molecule has 8 heteroatoms. The van der Waals surface area contributed by atoms with E-state index in [1.807, 2.05) is 6.92 Å². The van der Waals surface area contributed by atoms with Gasteiger partial charge >= 0.3 is 0 Å². The Bertz CT molecular complexity index is 496. The Morgan fingerprint density at radius 2 is 2.50 bits per heavy atom. The molecule has 4 N–H and O–H groups in total. The molecular weight excluding hydrogens is 278 g/mol. The average Bonchev–Trinajstić information content (AvgIpc) is 3.05. The van der Waals surface area contributed by atoms with Crippen LogP contribution in [0.5, 0.6) is 0 Å². The largest absolute Gasteiger partial charge is 0.376 e. The summed E-state index contributed by atoms with van der Waals surface area (Å²) in [5.74, 6) is -0.534. The van der Waals surface area contributed by atoms with E-state index >= 15 is 0 Å². The highest BCUT2D eigenvalue weighted by molar-refractivity contribution is 7.80. The van der Waals surface area contributed by atoms with Gasteiger partial charge in [0.1, 0.15) is 5.69 Å². The van der Waals surface area contributed by atoms with E-state index in [0.717, 1.165) is 19.4 Å². The number of primary amides is 1. The quantitative estimate of drug-likeness (QED) is 0.684. The highest BCUT2D eigenvalue weighted by atomic mass is 32.1. The highest BCUT2D eigenvalue weighted by Crippen LogP contribution is 2.14. The molecule has 1 aliphatic heterocycles. The zero-order valence-corrected chi connectivity index (χ0v) is 12.2. The number of carbonyl (C=O) groups is 1. The van der Waals surface area contributed by atoms with Gasteiger partial charge in [0, 0.05) is 19.7 Å². The fourth-order valence-electron chi connectivity index (χ4n) is 2.15. The zero-order chi connectivity index (χ0) is 14.5. The highest BCUT2D eigenvalue weighted by Gasteiger charge is 2.18. The fraction of sp³-hybridized carbons (Fsp3) is 0.583. The van der Waals surface area contributed by atoms with Gasteiger partial charge in [0.05, 0.1) is 18.0 Å². The Balaban J connectivity index is 1.93. The lowest BCUT2D eigenvalue weighted by Crippen LogP contribution is -2.35. The number of aromatic nitrogens is 2. The van der Waals surface area contributed by atoms with Gasteiger partial charge in [0.25, 0.3) is 5.91 Å². The van der Waals surface area contributed by atoms with E-state index in [9.17, 15) is 4.79 Å². The van der Waals surface area contributed by atoms with Crippen LogP contribution in [0.4, 0.5) is 5.69 Å². The minimum atomic E-state index is -0.534. The molecule has 2 rings (SSSR count). The summed E-state index contributed by atoms with van der Waals surface area (Å²) in [6, 6.07) is 0. The van der Waals surface area contributed by atoms with Gasteiger partial charge in [-0.25, -0.2) is 0 Å². The van der Waals surface area contributed by atoms with E-state index in [4.69, 9.17) is 22.7 Å². The molecule has 0 saturated carbocycles. The van der Waals surface area contributed by atoms with Crippen LogP contribution < -0.4 is 16.4 Å². The molecule has 7 nitrogen and oxygen atoms in total. The number of aryl methyl sites for hydroxylation is 1. The molecule has 1 saturated heterocycles. The van der Waals surface area contributed by atoms with Crippen molar-refractivity contribution in [2.75, 3.05) is 18.5 Å². The molecule has 1 aliphatic rings. The van der Waals surface area contributed by atoms with Gasteiger partial charge in [-0.05, 0) is 32.0 Å². The van der Waals surface area contributed by atoms with E-state index in [-0.39, 0.29) is 6.10 Å². The topological polar surface area (TPSA) is 94.2 Å². The summed E-state index contributed by atoms with van der Waals surface area (Å²) in [4.78, 5) is 11.4. The van der Waals surface area contributed by atoms with Crippen molar-refractivity contribution in [3.05, 3.63) is 11.9 Å². The van der Waals surface area contributed by atoms with Gasteiger partial charge in [0.2, 0.25) is 0 Å². The standard InChI is InChI=1S/C12H19N5O2S/c1-2-17-10(11(13)18)9(7-15-17)16-12(20)14-6-8-4-3-5-19-8/h7-8H,2-6H2,1H3,(H2,13,18)(H2,14,16,20). The summed E-state index contributed by atoms with van der Waals surface area (Å²) in [6.07, 6.45) is 3.87. The Morgan fingerprint density at radius 1 is 1.70 bits per heavy atom. The lowest BCUT2D eigenvalue weighted by molar-refractivity contribution is 0.0991. The molecule has 1 aromatic rings. The van der Waals surface area contributed by atoms with Crippen molar-refractivity contribution < 1.29 is 9.53 Å². The summed E-state index contributed by atoms with van der Waals surface area (Å²) in [7, 11) is 0. The van der Waals surface area contributed by atoms with Crippen molar-refractivity contribution in [1.82, 2.24) is 15.1 Å². The predicted octanol–water partition coefficient (Wildman–Crippen LogP) is 0.467. The molecule has 0 bridgehead atoms. The number of carbonyl (C=O) groups excluding carboxylic acids is 1. The molecule has 110 valence electrons. The molecule has 0 aliphatic carbocycles. The van der Waals surface area contributed by atoms with Crippen LogP contribution in [0.2, 0.25) is 0 Å². The minimum absolute atomic E-state index is 0.198. The first-order chi connectivity index (χ1) is 9.61. The molecule has 1 fully saturated rings. The Hall–Kier alpha value is -1.67. The second-order valence-electron chi connectivity index (χ2n) is 4.56. The molecule has 1 amide bonds. The predicted molar refractivity (Wildman–Crippen MR) is 79.6 cm³/mol. The van der Waals surface area contributed by atoms with Gasteiger partial charge in [-0.15, -0.1) is 0 Å². The van der Waals surface area contributed by atoms with Crippen molar-refractivity contribution >= 4 is 28.9 Å². The lowest BCUT2D eigenvalue weighted by Gasteiger charge is -2.13. The number of anilines is 1. The van der Waals surface area contributed by atoms with Crippen molar-refractivity contribution in [3.63, 3.8) is 0 Å². The maximum absolute atomic E-state index is 11.4. The number of ether oxygens (including phenoxy) is 1. The number of thiocarbonyl (C=S) groups is 1. The summed E-state index contributed by atoms with van der Waals surface area (Å²) in [5.41, 5.74) is 6.21. The maximum atomic E-state index is 11.4. The molecule has 1 aromatic heterocycles. The van der Waals surface area contributed by atoms with Crippen LogP contribution in [0.25, 0.3) is 0 Å². The third-order valence-electron chi connectivity index (χ3n) is 3.13. The van der Waals surface area contributed by atoms with E-state index in [1.54, 1.807) is 6.20 Å². The van der Waals surface area contributed by atoms with Crippen LogP contribution in [0.15, 0.2) is 6.20 Å².